The Morgan fingerprint density at radius 3 is 1.50 bits per heavy atom. The lowest BCUT2D eigenvalue weighted by molar-refractivity contribution is 0.0513. The molecule has 14 nitrogen and oxygen atoms in total. The Hall–Kier alpha value is -4.75. The van der Waals surface area contributed by atoms with Gasteiger partial charge < -0.3 is 24.7 Å². The zero-order valence-corrected chi connectivity index (χ0v) is 41.1. The number of nitrogens with one attached hydrogen (secondary N) is 1. The fourth-order valence-corrected chi connectivity index (χ4v) is 9.08. The normalized spacial score (nSPS) is 10.8. The number of benzene rings is 4. The zero-order valence-electron chi connectivity index (χ0n) is 34.2. The molecule has 3 N–H and O–H groups in total. The van der Waals surface area contributed by atoms with Gasteiger partial charge in [-0.25, -0.2) is 26.4 Å². The largest absolute Gasteiger partial charge is 0.462 e. The number of hydrogen-bond donors (Lipinski definition) is 2. The third-order valence-corrected chi connectivity index (χ3v) is 12.9. The molecule has 0 aliphatic rings. The highest BCUT2D eigenvalue weighted by atomic mass is 35.7. The molecule has 6 aromatic rings. The second-order valence-corrected chi connectivity index (χ2v) is 19.6. The molecule has 66 heavy (non-hydrogen) atoms. The summed E-state index contributed by atoms with van der Waals surface area (Å²) in [5, 5.41) is 1.54. The van der Waals surface area contributed by atoms with Crippen LogP contribution in [-0.2, 0) is 28.5 Å². The smallest absolute Gasteiger partial charge is 0.342 e. The molecule has 0 saturated carbocycles. The second-order valence-electron chi connectivity index (χ2n) is 12.9. The second kappa shape index (κ2) is 24.9. The number of carbonyl (C=O) groups excluding carboxylic acids is 2. The Morgan fingerprint density at radius 1 is 0.606 bits per heavy atom. The van der Waals surface area contributed by atoms with Crippen LogP contribution in [0.25, 0.3) is 0 Å². The topological polar surface area (TPSA) is 203 Å². The number of esters is 2. The maximum atomic E-state index is 12.9. The van der Waals surface area contributed by atoms with Crippen LogP contribution in [0.15, 0.2) is 107 Å². The molecule has 0 aliphatic heterocycles. The number of sulfonamides is 1. The summed E-state index contributed by atoms with van der Waals surface area (Å²) in [7, 11) is -2.73. The summed E-state index contributed by atoms with van der Waals surface area (Å²) in [6, 6.07) is 17.4. The highest BCUT2D eigenvalue weighted by molar-refractivity contribution is 8.13. The molecule has 0 fully saturated rings. The van der Waals surface area contributed by atoms with Crippen molar-refractivity contribution in [1.82, 2.24) is 9.97 Å². The monoisotopic (exact) mass is 1080 g/mol. The Morgan fingerprint density at radius 2 is 1.05 bits per heavy atom. The van der Waals surface area contributed by atoms with E-state index in [0.29, 0.717) is 54.2 Å². The van der Waals surface area contributed by atoms with E-state index in [0.717, 1.165) is 0 Å². The van der Waals surface area contributed by atoms with Gasteiger partial charge in [0, 0.05) is 56.6 Å². The maximum absolute atomic E-state index is 12.9. The Bertz CT molecular complexity index is 2950. The van der Waals surface area contributed by atoms with Gasteiger partial charge in [-0.05, 0) is 99.5 Å². The summed E-state index contributed by atoms with van der Waals surface area (Å²) in [5.41, 5.74) is 7.66. The van der Waals surface area contributed by atoms with E-state index in [4.69, 9.17) is 105 Å². The van der Waals surface area contributed by atoms with E-state index in [-0.39, 0.29) is 63.0 Å². The lowest BCUT2D eigenvalue weighted by Crippen LogP contribution is -2.15. The van der Waals surface area contributed by atoms with Crippen LogP contribution in [0.5, 0.6) is 23.0 Å². The van der Waals surface area contributed by atoms with Crippen LogP contribution < -0.4 is 19.9 Å². The SMILES string of the molecule is C.CCOC(=O)c1cc(N)ccc1Oc1cncc(Cl)c1.CCOC(=O)c1cc(NS(=O)(=O)c2cc(C)c(Cl)cc2Cl)ccc1Oc1cncc(Cl)c1.Cc1cc(S(=O)(=O)Cl)c(Cl)cc1Cl. The summed E-state index contributed by atoms with van der Waals surface area (Å²) in [5.74, 6) is -0.00568. The summed E-state index contributed by atoms with van der Waals surface area (Å²) in [4.78, 5) is 31.9. The van der Waals surface area contributed by atoms with E-state index in [1.807, 2.05) is 0 Å². The Balaban J connectivity index is 0.000000289. The average molecular weight is 1080 g/mol. The number of aryl methyl sites for hydroxylation is 2. The molecular weight excluding hydrogens is 1040 g/mol. The number of hydrogen-bond acceptors (Lipinski definition) is 13. The van der Waals surface area contributed by atoms with E-state index in [1.165, 1.54) is 79.4 Å². The predicted molar refractivity (Wildman–Crippen MR) is 261 cm³/mol. The van der Waals surface area contributed by atoms with Gasteiger partial charge in [-0.15, -0.1) is 0 Å². The summed E-state index contributed by atoms with van der Waals surface area (Å²) in [6.45, 7) is 7.10. The number of halogens is 7. The minimum absolute atomic E-state index is 0. The number of carbonyl (C=O) groups is 2. The van der Waals surface area contributed by atoms with Crippen LogP contribution in [0.1, 0.15) is 53.1 Å². The number of nitrogens with two attached hydrogens (primary N) is 1. The third kappa shape index (κ3) is 16.0. The van der Waals surface area contributed by atoms with Crippen LogP contribution in [-0.4, -0.2) is 52.0 Å². The summed E-state index contributed by atoms with van der Waals surface area (Å²) < 4.78 is 71.5. The first-order valence-electron chi connectivity index (χ1n) is 18.4. The number of anilines is 2. The van der Waals surface area contributed by atoms with Gasteiger partial charge in [0.15, 0.2) is 0 Å². The minimum atomic E-state index is -4.08. The number of aromatic nitrogens is 2. The van der Waals surface area contributed by atoms with Gasteiger partial charge in [-0.3, -0.25) is 14.7 Å². The maximum Gasteiger partial charge on any atom is 0.342 e. The number of nitrogen functional groups attached to an aromatic ring is 1. The summed E-state index contributed by atoms with van der Waals surface area (Å²) in [6.07, 6.45) is 5.84. The van der Waals surface area contributed by atoms with Gasteiger partial charge in [0.25, 0.3) is 19.1 Å². The van der Waals surface area contributed by atoms with Gasteiger partial charge in [-0.2, -0.15) is 0 Å². The number of nitrogens with zero attached hydrogens (tertiary/aromatic N) is 2. The lowest BCUT2D eigenvalue weighted by atomic mass is 10.2. The van der Waals surface area contributed by atoms with Crippen LogP contribution in [0, 0.1) is 13.8 Å². The van der Waals surface area contributed by atoms with E-state index < -0.39 is 31.0 Å². The van der Waals surface area contributed by atoms with E-state index in [9.17, 15) is 26.4 Å². The van der Waals surface area contributed by atoms with Crippen LogP contribution in [0.4, 0.5) is 11.4 Å². The Kier molecular flexibility index (Phi) is 20.9. The van der Waals surface area contributed by atoms with Crippen LogP contribution >= 0.6 is 80.3 Å². The Labute approximate surface area is 416 Å². The quantitative estimate of drug-likeness (QED) is 0.0666. The van der Waals surface area contributed by atoms with Crippen LogP contribution in [0.3, 0.4) is 0 Å². The first-order valence-corrected chi connectivity index (χ1v) is 24.4. The van der Waals surface area contributed by atoms with Crippen molar-refractivity contribution in [2.75, 3.05) is 23.7 Å². The lowest BCUT2D eigenvalue weighted by Gasteiger charge is -2.14. The van der Waals surface area contributed by atoms with Crippen LogP contribution in [0.2, 0.25) is 30.1 Å². The zero-order chi connectivity index (χ0) is 48.2. The molecule has 0 saturated heterocycles. The van der Waals surface area contributed by atoms with Crippen molar-refractivity contribution in [2.24, 2.45) is 0 Å². The van der Waals surface area contributed by atoms with Gasteiger partial charge in [0.05, 0.1) is 45.7 Å². The number of rotatable bonds is 12. The number of pyridine rings is 2. The van der Waals surface area contributed by atoms with Gasteiger partial charge in [0.1, 0.15) is 43.9 Å². The fraction of sp³-hybridized carbons (Fsp3) is 0.163. The fourth-order valence-electron chi connectivity index (χ4n) is 5.07. The molecule has 23 heteroatoms. The van der Waals surface area contributed by atoms with Gasteiger partial charge in [0.2, 0.25) is 0 Å². The standard InChI is InChI=1S/C21H17Cl3N2O5S.C14H13ClN2O3.C7H5Cl3O2S.CH4/c1-3-30-21(27)16-8-14(4-5-19(16)31-15-7-13(22)10-25-11-15)26-32(28,29)20-6-12(2)17(23)9-18(20)24;1-2-19-14(18)12-6-10(16)3-4-13(12)20-11-5-9(15)7-17-8-11;1-4-2-7(13(10,11)12)6(9)3-5(4)8;/h4-11,26H,3H2,1-2H3;3-8H,2,16H2,1H3;2-3H,1H3;1H4. The molecule has 4 aromatic carbocycles. The van der Waals surface area contributed by atoms with Gasteiger partial charge in [-0.1, -0.05) is 77.0 Å². The first kappa shape index (κ1) is 55.6. The molecule has 0 spiro atoms. The molecular formula is C43H39Cl7N4O10S2. The molecule has 0 aliphatic carbocycles. The summed E-state index contributed by atoms with van der Waals surface area (Å²) >= 11 is 35.2. The average Bonchev–Trinajstić information content (AvgIpc) is 3.22. The van der Waals surface area contributed by atoms with E-state index in [1.54, 1.807) is 45.9 Å². The van der Waals surface area contributed by atoms with Crippen molar-refractivity contribution < 1.29 is 45.4 Å². The molecule has 2 aromatic heterocycles. The van der Waals surface area contributed by atoms with Crippen molar-refractivity contribution >= 4 is 123 Å². The number of ether oxygens (including phenoxy) is 4. The molecule has 0 unspecified atom stereocenters. The molecule has 352 valence electrons. The highest BCUT2D eigenvalue weighted by Crippen LogP contribution is 2.34. The van der Waals surface area contributed by atoms with Gasteiger partial charge >= 0.3 is 11.9 Å². The molecule has 0 radical (unpaired) electrons. The van der Waals surface area contributed by atoms with Crippen molar-refractivity contribution in [3.05, 3.63) is 150 Å². The molecule has 0 amide bonds. The highest BCUT2D eigenvalue weighted by Gasteiger charge is 2.23. The molecule has 6 rings (SSSR count). The van der Waals surface area contributed by atoms with E-state index in [2.05, 4.69) is 14.7 Å². The first-order chi connectivity index (χ1) is 30.5. The van der Waals surface area contributed by atoms with Crippen molar-refractivity contribution in [3.63, 3.8) is 0 Å². The predicted octanol–water partition coefficient (Wildman–Crippen LogP) is 13.3. The molecule has 0 bridgehead atoms. The van der Waals surface area contributed by atoms with Crippen molar-refractivity contribution in [1.29, 1.82) is 0 Å². The van der Waals surface area contributed by atoms with Crippen molar-refractivity contribution in [2.45, 2.75) is 44.9 Å². The minimum Gasteiger partial charge on any atom is -0.462 e. The third-order valence-electron chi connectivity index (χ3n) is 8.02. The molecule has 2 heterocycles. The van der Waals surface area contributed by atoms with Crippen molar-refractivity contribution in [3.8, 4) is 23.0 Å². The molecule has 0 atom stereocenters. The van der Waals surface area contributed by atoms with E-state index >= 15 is 0 Å².